The highest BCUT2D eigenvalue weighted by Crippen LogP contribution is 2.21. The molecular formula is C18H26N4O2S. The molecule has 1 aliphatic heterocycles. The van der Waals surface area contributed by atoms with Crippen LogP contribution in [0.15, 0.2) is 21.2 Å². The fraction of sp³-hybridized carbons (Fsp3) is 0.611. The minimum Gasteiger partial charge on any atom is -0.421 e. The van der Waals surface area contributed by atoms with E-state index in [-0.39, 0.29) is 5.91 Å². The lowest BCUT2D eigenvalue weighted by atomic mass is 10.1. The van der Waals surface area contributed by atoms with Gasteiger partial charge >= 0.3 is 0 Å². The van der Waals surface area contributed by atoms with Gasteiger partial charge in [0.25, 0.3) is 0 Å². The number of aryl methyl sites for hydroxylation is 1. The van der Waals surface area contributed by atoms with E-state index >= 15 is 0 Å². The molecule has 0 unspecified atom stereocenters. The highest BCUT2D eigenvalue weighted by molar-refractivity contribution is 7.08. The van der Waals surface area contributed by atoms with Gasteiger partial charge in [0.2, 0.25) is 17.7 Å². The lowest BCUT2D eigenvalue weighted by Crippen LogP contribution is -2.49. The number of hydrogen-bond donors (Lipinski definition) is 0. The molecule has 6 nitrogen and oxygen atoms in total. The van der Waals surface area contributed by atoms with Crippen molar-refractivity contribution in [3.63, 3.8) is 0 Å². The summed E-state index contributed by atoms with van der Waals surface area (Å²) in [6.07, 6.45) is 2.15. The van der Waals surface area contributed by atoms with E-state index in [4.69, 9.17) is 4.42 Å². The second kappa shape index (κ2) is 8.58. The smallest absolute Gasteiger partial charge is 0.248 e. The summed E-state index contributed by atoms with van der Waals surface area (Å²) in [6.45, 7) is 9.22. The van der Waals surface area contributed by atoms with Gasteiger partial charge in [-0.1, -0.05) is 13.8 Å². The number of nitrogens with zero attached hydrogens (tertiary/aromatic N) is 4. The van der Waals surface area contributed by atoms with Crippen molar-refractivity contribution in [1.29, 1.82) is 0 Å². The van der Waals surface area contributed by atoms with Crippen molar-refractivity contribution in [1.82, 2.24) is 20.0 Å². The molecule has 0 N–H and O–H groups in total. The van der Waals surface area contributed by atoms with Crippen LogP contribution in [0.1, 0.15) is 32.6 Å². The summed E-state index contributed by atoms with van der Waals surface area (Å²) in [6, 6.07) is 1.95. The maximum absolute atomic E-state index is 12.4. The van der Waals surface area contributed by atoms with Gasteiger partial charge < -0.3 is 9.32 Å². The molecule has 7 heteroatoms. The Kier molecular flexibility index (Phi) is 6.20. The number of carbonyl (C=O) groups is 1. The van der Waals surface area contributed by atoms with Crippen molar-refractivity contribution in [2.45, 2.75) is 33.1 Å². The first kappa shape index (κ1) is 18.1. The standard InChI is InChI=1S/C18H26N4O2S/c1-14(2)5-7-21-8-10-22(11-9-21)17(23)4-3-16-19-20-18(24-16)15-6-12-25-13-15/h6,12-14H,3-5,7-11H2,1-2H3. The Hall–Kier alpha value is -1.73. The average Bonchev–Trinajstić information content (AvgIpc) is 3.29. The first-order chi connectivity index (χ1) is 12.1. The number of piperazine rings is 1. The topological polar surface area (TPSA) is 62.5 Å². The summed E-state index contributed by atoms with van der Waals surface area (Å²) in [5.74, 6) is 1.97. The van der Waals surface area contributed by atoms with Gasteiger partial charge in [-0.05, 0) is 30.3 Å². The molecule has 1 aliphatic rings. The second-order valence-electron chi connectivity index (χ2n) is 6.92. The molecule has 3 rings (SSSR count). The average molecular weight is 362 g/mol. The molecule has 0 atom stereocenters. The minimum atomic E-state index is 0.179. The van der Waals surface area contributed by atoms with Gasteiger partial charge in [-0.2, -0.15) is 11.3 Å². The molecule has 1 fully saturated rings. The highest BCUT2D eigenvalue weighted by atomic mass is 32.1. The Morgan fingerprint density at radius 1 is 1.28 bits per heavy atom. The summed E-state index contributed by atoms with van der Waals surface area (Å²) in [7, 11) is 0. The molecule has 0 bridgehead atoms. The summed E-state index contributed by atoms with van der Waals surface area (Å²) >= 11 is 1.59. The third-order valence-electron chi connectivity index (χ3n) is 4.54. The van der Waals surface area contributed by atoms with E-state index in [0.717, 1.165) is 44.2 Å². The molecule has 0 saturated carbocycles. The van der Waals surface area contributed by atoms with Gasteiger partial charge in [0.05, 0.1) is 0 Å². The highest BCUT2D eigenvalue weighted by Gasteiger charge is 2.21. The fourth-order valence-electron chi connectivity index (χ4n) is 2.89. The van der Waals surface area contributed by atoms with Crippen LogP contribution < -0.4 is 0 Å². The van der Waals surface area contributed by atoms with Gasteiger partial charge in [-0.15, -0.1) is 10.2 Å². The quantitative estimate of drug-likeness (QED) is 0.758. The van der Waals surface area contributed by atoms with Crippen molar-refractivity contribution in [3.8, 4) is 11.5 Å². The Morgan fingerprint density at radius 3 is 2.76 bits per heavy atom. The lowest BCUT2D eigenvalue weighted by molar-refractivity contribution is -0.133. The molecule has 0 aliphatic carbocycles. The van der Waals surface area contributed by atoms with Gasteiger partial charge in [0, 0.05) is 50.0 Å². The second-order valence-corrected chi connectivity index (χ2v) is 7.70. The van der Waals surface area contributed by atoms with E-state index in [1.165, 1.54) is 6.42 Å². The number of hydrogen-bond acceptors (Lipinski definition) is 6. The summed E-state index contributed by atoms with van der Waals surface area (Å²) in [5.41, 5.74) is 0.938. The Labute approximate surface area is 152 Å². The number of aromatic nitrogens is 2. The number of rotatable bonds is 7. The van der Waals surface area contributed by atoms with Gasteiger partial charge in [0.1, 0.15) is 0 Å². The SMILES string of the molecule is CC(C)CCN1CCN(C(=O)CCc2nnc(-c3ccsc3)o2)CC1. The maximum atomic E-state index is 12.4. The third kappa shape index (κ3) is 5.12. The van der Waals surface area contributed by atoms with Crippen LogP contribution in [0.5, 0.6) is 0 Å². The van der Waals surface area contributed by atoms with Crippen LogP contribution in [0.25, 0.3) is 11.5 Å². The van der Waals surface area contributed by atoms with Gasteiger partial charge in [-0.25, -0.2) is 0 Å². The van der Waals surface area contributed by atoms with Crippen LogP contribution in [0, 0.1) is 5.92 Å². The van der Waals surface area contributed by atoms with Crippen molar-refractivity contribution in [2.75, 3.05) is 32.7 Å². The molecule has 2 aromatic rings. The molecule has 1 saturated heterocycles. The predicted octanol–water partition coefficient (Wildman–Crippen LogP) is 2.92. The summed E-state index contributed by atoms with van der Waals surface area (Å²) in [4.78, 5) is 16.8. The van der Waals surface area contributed by atoms with Crippen molar-refractivity contribution in [3.05, 3.63) is 22.7 Å². The van der Waals surface area contributed by atoms with Crippen LogP contribution in [-0.4, -0.2) is 58.6 Å². The third-order valence-corrected chi connectivity index (χ3v) is 5.22. The Morgan fingerprint density at radius 2 is 2.08 bits per heavy atom. The molecule has 3 heterocycles. The number of amides is 1. The predicted molar refractivity (Wildman–Crippen MR) is 98.4 cm³/mol. The number of thiophene rings is 1. The van der Waals surface area contributed by atoms with Crippen molar-refractivity contribution < 1.29 is 9.21 Å². The first-order valence-corrected chi connectivity index (χ1v) is 9.91. The Bertz CT molecular complexity index is 660. The molecule has 136 valence electrons. The van der Waals surface area contributed by atoms with E-state index in [0.29, 0.717) is 24.6 Å². The summed E-state index contributed by atoms with van der Waals surface area (Å²) in [5, 5.41) is 12.1. The zero-order valence-electron chi connectivity index (χ0n) is 15.0. The van der Waals surface area contributed by atoms with Gasteiger partial charge in [0.15, 0.2) is 0 Å². The first-order valence-electron chi connectivity index (χ1n) is 8.97. The lowest BCUT2D eigenvalue weighted by Gasteiger charge is -2.35. The van der Waals surface area contributed by atoms with Crippen LogP contribution >= 0.6 is 11.3 Å². The number of carbonyl (C=O) groups excluding carboxylic acids is 1. The molecule has 0 radical (unpaired) electrons. The van der Waals surface area contributed by atoms with E-state index in [1.54, 1.807) is 11.3 Å². The molecular weight excluding hydrogens is 336 g/mol. The van der Waals surface area contributed by atoms with Gasteiger partial charge in [-0.3, -0.25) is 9.69 Å². The minimum absolute atomic E-state index is 0.179. The largest absolute Gasteiger partial charge is 0.421 e. The van der Waals surface area contributed by atoms with E-state index < -0.39 is 0 Å². The molecule has 0 spiro atoms. The van der Waals surface area contributed by atoms with Crippen LogP contribution in [0.3, 0.4) is 0 Å². The van der Waals surface area contributed by atoms with E-state index in [2.05, 4.69) is 28.9 Å². The summed E-state index contributed by atoms with van der Waals surface area (Å²) < 4.78 is 5.64. The monoisotopic (exact) mass is 362 g/mol. The fourth-order valence-corrected chi connectivity index (χ4v) is 3.52. The molecule has 2 aromatic heterocycles. The van der Waals surface area contributed by atoms with E-state index in [9.17, 15) is 4.79 Å². The van der Waals surface area contributed by atoms with Crippen LogP contribution in [0.2, 0.25) is 0 Å². The zero-order valence-corrected chi connectivity index (χ0v) is 15.8. The van der Waals surface area contributed by atoms with Crippen LogP contribution in [-0.2, 0) is 11.2 Å². The van der Waals surface area contributed by atoms with Crippen molar-refractivity contribution >= 4 is 17.2 Å². The molecule has 25 heavy (non-hydrogen) atoms. The van der Waals surface area contributed by atoms with Crippen molar-refractivity contribution in [2.24, 2.45) is 5.92 Å². The zero-order chi connectivity index (χ0) is 17.6. The Balaban J connectivity index is 1.41. The normalized spacial score (nSPS) is 15.9. The maximum Gasteiger partial charge on any atom is 0.248 e. The molecule has 1 amide bonds. The molecule has 0 aromatic carbocycles. The van der Waals surface area contributed by atoms with Crippen LogP contribution in [0.4, 0.5) is 0 Å². The van der Waals surface area contributed by atoms with E-state index in [1.807, 2.05) is 21.7 Å².